The van der Waals surface area contributed by atoms with Crippen LogP contribution in [0, 0.1) is 5.82 Å². The lowest BCUT2D eigenvalue weighted by Gasteiger charge is -2.10. The van der Waals surface area contributed by atoms with E-state index in [0.717, 1.165) is 12.1 Å². The van der Waals surface area contributed by atoms with Crippen LogP contribution in [0.4, 0.5) is 10.1 Å². The Hall–Kier alpha value is -2.60. The summed E-state index contributed by atoms with van der Waals surface area (Å²) in [5.74, 6) is -3.10. The minimum atomic E-state index is -1.33. The maximum atomic E-state index is 13.3. The summed E-state index contributed by atoms with van der Waals surface area (Å²) in [4.78, 5) is 23.1. The van der Waals surface area contributed by atoms with Crippen molar-refractivity contribution in [2.45, 2.75) is 0 Å². The third-order valence-electron chi connectivity index (χ3n) is 2.68. The SMILES string of the molecule is O=C(O)c1cc(O)ccc1NC(=O)c1cccc(F)c1Cl. The molecule has 108 valence electrons. The highest BCUT2D eigenvalue weighted by Crippen LogP contribution is 2.24. The molecule has 0 aromatic heterocycles. The number of carboxylic acids is 1. The van der Waals surface area contributed by atoms with Crippen molar-refractivity contribution < 1.29 is 24.2 Å². The molecule has 1 amide bonds. The summed E-state index contributed by atoms with van der Waals surface area (Å²) >= 11 is 5.69. The lowest BCUT2D eigenvalue weighted by atomic mass is 10.1. The summed E-state index contributed by atoms with van der Waals surface area (Å²) in [7, 11) is 0. The number of phenolic OH excluding ortho intramolecular Hbond substituents is 1. The number of carbonyl (C=O) groups excluding carboxylic acids is 1. The van der Waals surface area contributed by atoms with Gasteiger partial charge in [-0.1, -0.05) is 17.7 Å². The van der Waals surface area contributed by atoms with E-state index in [1.165, 1.54) is 24.3 Å². The molecule has 0 atom stereocenters. The van der Waals surface area contributed by atoms with E-state index in [9.17, 15) is 19.1 Å². The average Bonchev–Trinajstić information content (AvgIpc) is 2.43. The lowest BCUT2D eigenvalue weighted by Crippen LogP contribution is -2.15. The largest absolute Gasteiger partial charge is 0.508 e. The fourth-order valence-corrected chi connectivity index (χ4v) is 1.90. The summed E-state index contributed by atoms with van der Waals surface area (Å²) in [6.07, 6.45) is 0. The molecule has 0 spiro atoms. The van der Waals surface area contributed by atoms with Crippen LogP contribution < -0.4 is 5.32 Å². The molecule has 0 saturated carbocycles. The Kier molecular flexibility index (Phi) is 4.09. The first-order chi connectivity index (χ1) is 9.90. The van der Waals surface area contributed by atoms with E-state index < -0.39 is 17.7 Å². The second kappa shape index (κ2) is 5.80. The zero-order chi connectivity index (χ0) is 15.6. The summed E-state index contributed by atoms with van der Waals surface area (Å²) in [6, 6.07) is 7.15. The molecule has 0 radical (unpaired) electrons. The molecule has 0 unspecified atom stereocenters. The van der Waals surface area contributed by atoms with Crippen molar-refractivity contribution in [1.29, 1.82) is 0 Å². The Labute approximate surface area is 123 Å². The molecular weight excluding hydrogens is 301 g/mol. The van der Waals surface area contributed by atoms with Gasteiger partial charge in [-0.15, -0.1) is 0 Å². The highest BCUT2D eigenvalue weighted by molar-refractivity contribution is 6.34. The normalized spacial score (nSPS) is 10.2. The Morgan fingerprint density at radius 3 is 2.52 bits per heavy atom. The molecule has 0 aliphatic rings. The number of amides is 1. The van der Waals surface area contributed by atoms with Crippen molar-refractivity contribution in [2.75, 3.05) is 5.32 Å². The number of aromatic hydroxyl groups is 1. The van der Waals surface area contributed by atoms with Gasteiger partial charge in [0, 0.05) is 0 Å². The third-order valence-corrected chi connectivity index (χ3v) is 3.06. The van der Waals surface area contributed by atoms with Crippen molar-refractivity contribution in [3.8, 4) is 5.75 Å². The number of rotatable bonds is 3. The minimum Gasteiger partial charge on any atom is -0.508 e. The van der Waals surface area contributed by atoms with Crippen LogP contribution in [-0.2, 0) is 0 Å². The number of nitrogens with one attached hydrogen (secondary N) is 1. The Morgan fingerprint density at radius 2 is 1.86 bits per heavy atom. The second-order valence-corrected chi connectivity index (χ2v) is 4.47. The first kappa shape index (κ1) is 14.8. The average molecular weight is 310 g/mol. The molecule has 0 bridgehead atoms. The van der Waals surface area contributed by atoms with Crippen molar-refractivity contribution >= 4 is 29.2 Å². The number of carbonyl (C=O) groups is 2. The number of halogens is 2. The highest BCUT2D eigenvalue weighted by Gasteiger charge is 2.17. The van der Waals surface area contributed by atoms with Gasteiger partial charge in [0.15, 0.2) is 0 Å². The summed E-state index contributed by atoms with van der Waals surface area (Å²) in [5.41, 5.74) is -0.456. The zero-order valence-corrected chi connectivity index (χ0v) is 11.2. The van der Waals surface area contributed by atoms with E-state index in [-0.39, 0.29) is 27.6 Å². The molecule has 0 aliphatic carbocycles. The summed E-state index contributed by atoms with van der Waals surface area (Å²) in [6.45, 7) is 0. The number of hydrogen-bond donors (Lipinski definition) is 3. The van der Waals surface area contributed by atoms with Gasteiger partial charge in [-0.05, 0) is 30.3 Å². The lowest BCUT2D eigenvalue weighted by molar-refractivity contribution is 0.0697. The number of aromatic carboxylic acids is 1. The number of phenols is 1. The van der Waals surface area contributed by atoms with Crippen LogP contribution in [0.15, 0.2) is 36.4 Å². The van der Waals surface area contributed by atoms with Crippen molar-refractivity contribution in [3.63, 3.8) is 0 Å². The van der Waals surface area contributed by atoms with Gasteiger partial charge in [-0.3, -0.25) is 4.79 Å². The van der Waals surface area contributed by atoms with Gasteiger partial charge in [0.2, 0.25) is 0 Å². The second-order valence-electron chi connectivity index (χ2n) is 4.09. The number of anilines is 1. The molecule has 7 heteroatoms. The van der Waals surface area contributed by atoms with E-state index in [1.807, 2.05) is 0 Å². The van der Waals surface area contributed by atoms with E-state index in [0.29, 0.717) is 0 Å². The number of benzene rings is 2. The fraction of sp³-hybridized carbons (Fsp3) is 0. The van der Waals surface area contributed by atoms with Crippen molar-refractivity contribution in [3.05, 3.63) is 58.4 Å². The van der Waals surface area contributed by atoms with Gasteiger partial charge >= 0.3 is 5.97 Å². The van der Waals surface area contributed by atoms with Crippen molar-refractivity contribution in [1.82, 2.24) is 0 Å². The summed E-state index contributed by atoms with van der Waals surface area (Å²) in [5, 5.41) is 20.3. The topological polar surface area (TPSA) is 86.6 Å². The van der Waals surface area contributed by atoms with Gasteiger partial charge in [0.25, 0.3) is 5.91 Å². The molecule has 3 N–H and O–H groups in total. The Balaban J connectivity index is 2.36. The predicted molar refractivity (Wildman–Crippen MR) is 74.4 cm³/mol. The maximum Gasteiger partial charge on any atom is 0.337 e. The first-order valence-corrected chi connectivity index (χ1v) is 6.09. The molecule has 2 rings (SSSR count). The molecule has 2 aromatic carbocycles. The van der Waals surface area contributed by atoms with Gasteiger partial charge in [-0.25, -0.2) is 9.18 Å². The van der Waals surface area contributed by atoms with Crippen LogP contribution in [-0.4, -0.2) is 22.1 Å². The fourth-order valence-electron chi connectivity index (χ4n) is 1.69. The Morgan fingerprint density at radius 1 is 1.14 bits per heavy atom. The predicted octanol–water partition coefficient (Wildman–Crippen LogP) is 3.14. The monoisotopic (exact) mass is 309 g/mol. The van der Waals surface area contributed by atoms with E-state index >= 15 is 0 Å². The zero-order valence-electron chi connectivity index (χ0n) is 10.4. The van der Waals surface area contributed by atoms with Gasteiger partial charge in [-0.2, -0.15) is 0 Å². The van der Waals surface area contributed by atoms with Crippen LogP contribution in [0.25, 0.3) is 0 Å². The van der Waals surface area contributed by atoms with Gasteiger partial charge < -0.3 is 15.5 Å². The Bertz CT molecular complexity index is 733. The minimum absolute atomic E-state index is 0.0365. The van der Waals surface area contributed by atoms with Crippen LogP contribution in [0.1, 0.15) is 20.7 Å². The maximum absolute atomic E-state index is 13.3. The number of carboxylic acid groups (broad SMARTS) is 1. The molecule has 5 nitrogen and oxygen atoms in total. The molecule has 0 aliphatic heterocycles. The quantitative estimate of drug-likeness (QED) is 0.760. The molecule has 0 heterocycles. The smallest absolute Gasteiger partial charge is 0.337 e. The third kappa shape index (κ3) is 3.11. The van der Waals surface area contributed by atoms with Gasteiger partial charge in [0.05, 0.1) is 21.8 Å². The number of hydrogen-bond acceptors (Lipinski definition) is 3. The van der Waals surface area contributed by atoms with E-state index in [1.54, 1.807) is 0 Å². The van der Waals surface area contributed by atoms with E-state index in [4.69, 9.17) is 16.7 Å². The van der Waals surface area contributed by atoms with Gasteiger partial charge in [0.1, 0.15) is 11.6 Å². The highest BCUT2D eigenvalue weighted by atomic mass is 35.5. The molecule has 21 heavy (non-hydrogen) atoms. The van der Waals surface area contributed by atoms with Crippen LogP contribution in [0.2, 0.25) is 5.02 Å². The first-order valence-electron chi connectivity index (χ1n) is 5.72. The van der Waals surface area contributed by atoms with Crippen LogP contribution in [0.3, 0.4) is 0 Å². The molecule has 2 aromatic rings. The molecule has 0 saturated heterocycles. The van der Waals surface area contributed by atoms with Crippen molar-refractivity contribution in [2.24, 2.45) is 0 Å². The molecular formula is C14H9ClFNO4. The van der Waals surface area contributed by atoms with E-state index in [2.05, 4.69) is 5.32 Å². The summed E-state index contributed by atoms with van der Waals surface area (Å²) < 4.78 is 13.3. The standard InChI is InChI=1S/C14H9ClFNO4/c15-12-8(2-1-3-10(12)16)13(19)17-11-5-4-7(18)6-9(11)14(20)21/h1-6,18H,(H,17,19)(H,20,21). The van der Waals surface area contributed by atoms with Crippen LogP contribution >= 0.6 is 11.6 Å². The molecule has 0 fully saturated rings. The van der Waals surface area contributed by atoms with Crippen LogP contribution in [0.5, 0.6) is 5.75 Å².